The molecule has 1 saturated heterocycles. The number of benzene rings is 1. The van der Waals surface area contributed by atoms with Gasteiger partial charge in [-0.1, -0.05) is 51.1 Å². The van der Waals surface area contributed by atoms with Gasteiger partial charge in [-0.2, -0.15) is 10.1 Å². The fourth-order valence-electron chi connectivity index (χ4n) is 5.20. The number of hydrogen-bond donors (Lipinski definition) is 0. The maximum absolute atomic E-state index is 12.6. The van der Waals surface area contributed by atoms with E-state index in [1.165, 1.54) is 12.0 Å². The van der Waals surface area contributed by atoms with Crippen LogP contribution in [0.1, 0.15) is 52.0 Å². The molecule has 24 heavy (non-hydrogen) atoms. The van der Waals surface area contributed by atoms with Crippen molar-refractivity contribution in [3.63, 3.8) is 0 Å². The Morgan fingerprint density at radius 2 is 2.08 bits per heavy atom. The zero-order valence-electron chi connectivity index (χ0n) is 14.8. The van der Waals surface area contributed by atoms with Gasteiger partial charge in [0.05, 0.1) is 0 Å². The molecule has 4 rings (SSSR count). The van der Waals surface area contributed by atoms with Crippen molar-refractivity contribution in [2.45, 2.75) is 64.5 Å². The third-order valence-corrected chi connectivity index (χ3v) is 6.74. The molecule has 1 aliphatic heterocycles. The first-order valence-electron chi connectivity index (χ1n) is 9.10. The lowest BCUT2D eigenvalue weighted by Crippen LogP contribution is -2.53. The lowest BCUT2D eigenvalue weighted by atomic mass is 9.75. The molecule has 1 aromatic rings. The van der Waals surface area contributed by atoms with Crippen LogP contribution < -0.4 is 0 Å². The number of amides is 1. The maximum Gasteiger partial charge on any atom is 0.431 e. The first-order chi connectivity index (χ1) is 11.5. The highest BCUT2D eigenvalue weighted by molar-refractivity contribution is 5.87. The summed E-state index contributed by atoms with van der Waals surface area (Å²) in [5.41, 5.74) is 2.10. The molecule has 1 amide bonds. The van der Waals surface area contributed by atoms with Gasteiger partial charge in [0.1, 0.15) is 11.6 Å². The van der Waals surface area contributed by atoms with E-state index in [0.717, 1.165) is 31.4 Å². The van der Waals surface area contributed by atoms with E-state index in [-0.39, 0.29) is 23.2 Å². The molecule has 0 N–H and O–H groups in total. The molecule has 4 heteroatoms. The summed E-state index contributed by atoms with van der Waals surface area (Å²) >= 11 is 0. The number of carbonyl (C=O) groups excluding carboxylic acids is 1. The Morgan fingerprint density at radius 3 is 2.75 bits per heavy atom. The summed E-state index contributed by atoms with van der Waals surface area (Å²) in [6.07, 6.45) is 4.55. The molecule has 1 heterocycles. The van der Waals surface area contributed by atoms with E-state index in [4.69, 9.17) is 9.84 Å². The van der Waals surface area contributed by atoms with Crippen molar-refractivity contribution >= 4 is 11.8 Å². The summed E-state index contributed by atoms with van der Waals surface area (Å²) in [4.78, 5) is 12.6. The van der Waals surface area contributed by atoms with E-state index < -0.39 is 0 Å². The second-order valence-electron chi connectivity index (χ2n) is 7.98. The van der Waals surface area contributed by atoms with Gasteiger partial charge in [-0.05, 0) is 42.6 Å². The summed E-state index contributed by atoms with van der Waals surface area (Å²) in [6, 6.07) is 10.3. The Kier molecular flexibility index (Phi) is 3.48. The molecule has 2 saturated carbocycles. The SMILES string of the molecule is CC/C(Cc1ccccc1)=N\N1C(=O)OC2CC3CCC21C3(C)C. The van der Waals surface area contributed by atoms with E-state index >= 15 is 0 Å². The van der Waals surface area contributed by atoms with E-state index in [1.54, 1.807) is 5.01 Å². The maximum atomic E-state index is 12.6. The summed E-state index contributed by atoms with van der Waals surface area (Å²) < 4.78 is 5.73. The minimum Gasteiger partial charge on any atom is -0.442 e. The van der Waals surface area contributed by atoms with Gasteiger partial charge in [0.25, 0.3) is 0 Å². The van der Waals surface area contributed by atoms with Crippen LogP contribution in [0.2, 0.25) is 0 Å². The zero-order chi connectivity index (χ0) is 16.9. The highest BCUT2D eigenvalue weighted by Gasteiger charge is 2.73. The minimum absolute atomic E-state index is 0.0114. The lowest BCUT2D eigenvalue weighted by Gasteiger charge is -2.39. The topological polar surface area (TPSA) is 41.9 Å². The molecule has 128 valence electrons. The molecule has 4 nitrogen and oxygen atoms in total. The van der Waals surface area contributed by atoms with Crippen molar-refractivity contribution in [2.75, 3.05) is 0 Å². The van der Waals surface area contributed by atoms with Gasteiger partial charge in [0, 0.05) is 12.1 Å². The Labute approximate surface area is 143 Å². The minimum atomic E-state index is -0.257. The molecule has 2 bridgehead atoms. The Bertz CT molecular complexity index is 682. The first-order valence-corrected chi connectivity index (χ1v) is 9.10. The monoisotopic (exact) mass is 326 g/mol. The number of carbonyl (C=O) groups is 1. The molecule has 0 aromatic heterocycles. The van der Waals surface area contributed by atoms with Crippen LogP contribution >= 0.6 is 0 Å². The highest BCUT2D eigenvalue weighted by Crippen LogP contribution is 2.65. The summed E-state index contributed by atoms with van der Waals surface area (Å²) in [6.45, 7) is 6.69. The number of hydrazone groups is 1. The fraction of sp³-hybridized carbons (Fsp3) is 0.600. The van der Waals surface area contributed by atoms with Crippen molar-refractivity contribution in [1.29, 1.82) is 0 Å². The number of ether oxygens (including phenoxy) is 1. The van der Waals surface area contributed by atoms with Crippen molar-refractivity contribution in [1.82, 2.24) is 5.01 Å². The predicted molar refractivity (Wildman–Crippen MR) is 93.8 cm³/mol. The van der Waals surface area contributed by atoms with Crippen LogP contribution in [0, 0.1) is 11.3 Å². The number of rotatable bonds is 4. The van der Waals surface area contributed by atoms with Gasteiger partial charge in [0.2, 0.25) is 0 Å². The first kappa shape index (κ1) is 15.7. The molecule has 2 aliphatic carbocycles. The van der Waals surface area contributed by atoms with Gasteiger partial charge < -0.3 is 4.74 Å². The normalized spacial score (nSPS) is 33.7. The van der Waals surface area contributed by atoms with Gasteiger partial charge in [-0.25, -0.2) is 4.79 Å². The van der Waals surface area contributed by atoms with Crippen LogP contribution in [-0.2, 0) is 11.2 Å². The second-order valence-corrected chi connectivity index (χ2v) is 7.98. The number of hydrogen-bond acceptors (Lipinski definition) is 3. The molecule has 0 radical (unpaired) electrons. The predicted octanol–water partition coefficient (Wildman–Crippen LogP) is 4.39. The number of fused-ring (bicyclic) bond motifs is 1. The smallest absolute Gasteiger partial charge is 0.431 e. The Morgan fingerprint density at radius 1 is 1.33 bits per heavy atom. The van der Waals surface area contributed by atoms with Gasteiger partial charge in [-0.3, -0.25) is 0 Å². The lowest BCUT2D eigenvalue weighted by molar-refractivity contribution is 0.0568. The summed E-state index contributed by atoms with van der Waals surface area (Å²) in [5.74, 6) is 0.632. The molecule has 3 aliphatic rings. The quantitative estimate of drug-likeness (QED) is 0.770. The van der Waals surface area contributed by atoms with E-state index in [2.05, 4.69) is 32.9 Å². The van der Waals surface area contributed by atoms with E-state index in [0.29, 0.717) is 5.92 Å². The highest BCUT2D eigenvalue weighted by atomic mass is 16.6. The molecular weight excluding hydrogens is 300 g/mol. The van der Waals surface area contributed by atoms with Crippen LogP contribution in [0.4, 0.5) is 4.79 Å². The third-order valence-electron chi connectivity index (χ3n) is 6.74. The Hall–Kier alpha value is -1.84. The zero-order valence-corrected chi connectivity index (χ0v) is 14.8. The molecular formula is C20H26N2O2. The van der Waals surface area contributed by atoms with E-state index in [1.807, 2.05) is 18.2 Å². The van der Waals surface area contributed by atoms with Crippen LogP contribution in [0.25, 0.3) is 0 Å². The van der Waals surface area contributed by atoms with Crippen LogP contribution in [0.5, 0.6) is 0 Å². The Balaban J connectivity index is 1.68. The van der Waals surface area contributed by atoms with Crippen LogP contribution in [-0.4, -0.2) is 28.5 Å². The fourth-order valence-corrected chi connectivity index (χ4v) is 5.20. The van der Waals surface area contributed by atoms with Crippen molar-refractivity contribution < 1.29 is 9.53 Å². The summed E-state index contributed by atoms with van der Waals surface area (Å²) in [5, 5.41) is 6.58. The van der Waals surface area contributed by atoms with Crippen LogP contribution in [0.3, 0.4) is 0 Å². The third kappa shape index (κ3) is 1.98. The summed E-state index contributed by atoms with van der Waals surface area (Å²) in [7, 11) is 0. The van der Waals surface area contributed by atoms with Crippen molar-refractivity contribution in [3.8, 4) is 0 Å². The van der Waals surface area contributed by atoms with E-state index in [9.17, 15) is 4.79 Å². The molecule has 3 fully saturated rings. The van der Waals surface area contributed by atoms with Gasteiger partial charge >= 0.3 is 6.09 Å². The van der Waals surface area contributed by atoms with Gasteiger partial charge in [0.15, 0.2) is 0 Å². The molecule has 1 spiro atoms. The standard InChI is InChI=1S/C20H26N2O2/c1-4-16(12-14-8-6-5-7-9-14)21-22-18(23)24-17-13-15-10-11-20(17,22)19(15,2)3/h5-9,15,17H,4,10-13H2,1-3H3/b21-16+. The van der Waals surface area contributed by atoms with Gasteiger partial charge in [-0.15, -0.1) is 0 Å². The number of nitrogens with zero attached hydrogens (tertiary/aromatic N) is 2. The molecule has 3 unspecified atom stereocenters. The largest absolute Gasteiger partial charge is 0.442 e. The van der Waals surface area contributed by atoms with Crippen molar-refractivity contribution in [3.05, 3.63) is 35.9 Å². The molecule has 3 atom stereocenters. The average molecular weight is 326 g/mol. The van der Waals surface area contributed by atoms with Crippen molar-refractivity contribution in [2.24, 2.45) is 16.4 Å². The average Bonchev–Trinajstić information content (AvgIpc) is 3.08. The second kappa shape index (κ2) is 5.33. The van der Waals surface area contributed by atoms with Crippen LogP contribution in [0.15, 0.2) is 35.4 Å². The molecule has 1 aromatic carbocycles.